The van der Waals surface area contributed by atoms with E-state index in [4.69, 9.17) is 14.2 Å². The summed E-state index contributed by atoms with van der Waals surface area (Å²) in [5.41, 5.74) is 0.858. The van der Waals surface area contributed by atoms with Crippen molar-refractivity contribution < 1.29 is 23.8 Å². The van der Waals surface area contributed by atoms with Gasteiger partial charge in [0.15, 0.2) is 16.3 Å². The molecule has 1 aliphatic heterocycles. The van der Waals surface area contributed by atoms with Crippen molar-refractivity contribution in [2.45, 2.75) is 33.2 Å². The first-order valence-corrected chi connectivity index (χ1v) is 8.60. The minimum Gasteiger partial charge on any atom is -0.466 e. The lowest BCUT2D eigenvalue weighted by Gasteiger charge is -2.06. The highest BCUT2D eigenvalue weighted by Gasteiger charge is 2.18. The summed E-state index contributed by atoms with van der Waals surface area (Å²) in [4.78, 5) is 28.1. The molecule has 3 rings (SSSR count). The molecule has 0 aliphatic carbocycles. The van der Waals surface area contributed by atoms with E-state index in [2.05, 4.69) is 4.99 Å². The molecule has 0 fully saturated rings. The van der Waals surface area contributed by atoms with E-state index in [1.165, 1.54) is 11.3 Å². The maximum atomic E-state index is 11.7. The van der Waals surface area contributed by atoms with Crippen molar-refractivity contribution in [3.05, 3.63) is 16.9 Å². The van der Waals surface area contributed by atoms with E-state index in [1.807, 2.05) is 16.7 Å². The number of carbonyl (C=O) groups is 2. The minimum absolute atomic E-state index is 0.195. The average Bonchev–Trinajstić information content (AvgIpc) is 3.14. The lowest BCUT2D eigenvalue weighted by molar-refractivity contribution is -0.143. The smallest absolute Gasteiger partial charge is 0.307 e. The Bertz CT molecular complexity index is 852. The molecule has 24 heavy (non-hydrogen) atoms. The van der Waals surface area contributed by atoms with Gasteiger partial charge in [0.05, 0.1) is 23.2 Å². The summed E-state index contributed by atoms with van der Waals surface area (Å²) in [6.07, 6.45) is 0.538. The summed E-state index contributed by atoms with van der Waals surface area (Å²) in [5, 5.41) is 0. The predicted molar refractivity (Wildman–Crippen MR) is 88.0 cm³/mol. The number of aryl methyl sites for hydroxylation is 1. The summed E-state index contributed by atoms with van der Waals surface area (Å²) in [7, 11) is 0. The third kappa shape index (κ3) is 3.28. The first-order valence-electron chi connectivity index (χ1n) is 7.78. The van der Waals surface area contributed by atoms with Crippen LogP contribution >= 0.6 is 11.3 Å². The maximum Gasteiger partial charge on any atom is 0.307 e. The molecule has 0 saturated heterocycles. The summed E-state index contributed by atoms with van der Waals surface area (Å²) in [6, 6.07) is 3.73. The molecule has 0 radical (unpaired) electrons. The molecule has 1 aromatic heterocycles. The quantitative estimate of drug-likeness (QED) is 0.773. The van der Waals surface area contributed by atoms with Gasteiger partial charge in [-0.1, -0.05) is 18.3 Å². The molecule has 2 aromatic rings. The van der Waals surface area contributed by atoms with E-state index < -0.39 is 0 Å². The Kier molecular flexibility index (Phi) is 4.84. The number of nitrogens with zero attached hydrogens (tertiary/aromatic N) is 2. The summed E-state index contributed by atoms with van der Waals surface area (Å²) >= 11 is 1.39. The number of thiazole rings is 1. The zero-order valence-corrected chi connectivity index (χ0v) is 14.4. The second-order valence-electron chi connectivity index (χ2n) is 5.12. The number of hydrogen-bond donors (Lipinski definition) is 0. The Hall–Kier alpha value is -2.35. The number of fused-ring (bicyclic) bond motifs is 2. The van der Waals surface area contributed by atoms with Gasteiger partial charge in [-0.25, -0.2) is 0 Å². The van der Waals surface area contributed by atoms with Crippen molar-refractivity contribution in [2.75, 3.05) is 13.4 Å². The molecule has 0 atom stereocenters. The van der Waals surface area contributed by atoms with Crippen LogP contribution in [0.5, 0.6) is 11.5 Å². The van der Waals surface area contributed by atoms with Crippen molar-refractivity contribution in [3.63, 3.8) is 0 Å². The average molecular weight is 350 g/mol. The SMILES string of the molecule is CCOC(=O)CCn1c(=NC(=O)CC)sc2cc3c(cc21)OCO3. The fourth-order valence-corrected chi connectivity index (χ4v) is 3.47. The zero-order valence-electron chi connectivity index (χ0n) is 13.5. The van der Waals surface area contributed by atoms with E-state index in [1.54, 1.807) is 13.8 Å². The number of hydrogen-bond acceptors (Lipinski definition) is 6. The van der Waals surface area contributed by atoms with E-state index in [-0.39, 0.29) is 25.1 Å². The molecule has 8 heteroatoms. The van der Waals surface area contributed by atoms with Crippen molar-refractivity contribution in [1.29, 1.82) is 0 Å². The van der Waals surface area contributed by atoms with Crippen molar-refractivity contribution in [1.82, 2.24) is 4.57 Å². The molecule has 0 spiro atoms. The minimum atomic E-state index is -0.280. The van der Waals surface area contributed by atoms with Crippen LogP contribution in [0, 0.1) is 0 Å². The van der Waals surface area contributed by atoms with Gasteiger partial charge in [0.2, 0.25) is 12.7 Å². The summed E-state index contributed by atoms with van der Waals surface area (Å²) in [6.45, 7) is 4.46. The first kappa shape index (κ1) is 16.5. The van der Waals surface area contributed by atoms with E-state index in [0.717, 1.165) is 10.2 Å². The van der Waals surface area contributed by atoms with Gasteiger partial charge in [-0.05, 0) is 6.92 Å². The van der Waals surface area contributed by atoms with Gasteiger partial charge in [-0.15, -0.1) is 0 Å². The van der Waals surface area contributed by atoms with Gasteiger partial charge in [0.1, 0.15) is 0 Å². The molecule has 1 amide bonds. The van der Waals surface area contributed by atoms with Crippen LogP contribution in [-0.2, 0) is 20.9 Å². The molecular formula is C16H18N2O5S. The van der Waals surface area contributed by atoms with Gasteiger partial charge in [0.25, 0.3) is 0 Å². The lowest BCUT2D eigenvalue weighted by atomic mass is 10.3. The van der Waals surface area contributed by atoms with Gasteiger partial charge >= 0.3 is 5.97 Å². The van der Waals surface area contributed by atoms with E-state index >= 15 is 0 Å². The second kappa shape index (κ2) is 7.04. The molecule has 1 aromatic carbocycles. The number of esters is 1. The highest BCUT2D eigenvalue weighted by atomic mass is 32.1. The van der Waals surface area contributed by atoms with Crippen molar-refractivity contribution in [2.24, 2.45) is 4.99 Å². The van der Waals surface area contributed by atoms with Gasteiger partial charge in [0, 0.05) is 25.1 Å². The molecule has 2 heterocycles. The molecule has 0 unspecified atom stereocenters. The third-order valence-electron chi connectivity index (χ3n) is 3.54. The number of rotatable bonds is 5. The van der Waals surface area contributed by atoms with Crippen LogP contribution in [0.15, 0.2) is 17.1 Å². The van der Waals surface area contributed by atoms with Gasteiger partial charge in [-0.2, -0.15) is 4.99 Å². The van der Waals surface area contributed by atoms with Gasteiger partial charge < -0.3 is 18.8 Å². The summed E-state index contributed by atoms with van der Waals surface area (Å²) < 4.78 is 18.6. The van der Waals surface area contributed by atoms with Crippen LogP contribution in [0.25, 0.3) is 10.2 Å². The zero-order chi connectivity index (χ0) is 17.1. The van der Waals surface area contributed by atoms with Crippen LogP contribution in [-0.4, -0.2) is 29.8 Å². The van der Waals surface area contributed by atoms with Crippen LogP contribution in [0.1, 0.15) is 26.7 Å². The Labute approximate surface area is 142 Å². The topological polar surface area (TPSA) is 79.1 Å². The van der Waals surface area contributed by atoms with Crippen molar-refractivity contribution >= 4 is 33.4 Å². The predicted octanol–water partition coefficient (Wildman–Crippen LogP) is 2.22. The number of carbonyl (C=O) groups excluding carboxylic acids is 2. The Morgan fingerprint density at radius 3 is 2.75 bits per heavy atom. The fourth-order valence-electron chi connectivity index (χ4n) is 2.38. The molecule has 128 valence electrons. The maximum absolute atomic E-state index is 11.7. The first-order chi connectivity index (χ1) is 11.6. The molecule has 0 bridgehead atoms. The fraction of sp³-hybridized carbons (Fsp3) is 0.438. The Morgan fingerprint density at radius 2 is 2.04 bits per heavy atom. The lowest BCUT2D eigenvalue weighted by Crippen LogP contribution is -2.19. The largest absolute Gasteiger partial charge is 0.466 e. The molecule has 1 aliphatic rings. The Morgan fingerprint density at radius 1 is 1.29 bits per heavy atom. The van der Waals surface area contributed by atoms with E-state index in [0.29, 0.717) is 35.9 Å². The van der Waals surface area contributed by atoms with Crippen molar-refractivity contribution in [3.8, 4) is 11.5 Å². The number of amides is 1. The standard InChI is InChI=1S/C16H18N2O5S/c1-3-14(19)17-16-18(6-5-15(20)21-4-2)10-7-11-12(23-9-22-11)8-13(10)24-16/h7-8H,3-6,9H2,1-2H3. The highest BCUT2D eigenvalue weighted by Crippen LogP contribution is 2.37. The van der Waals surface area contributed by atoms with Crippen LogP contribution in [0.2, 0.25) is 0 Å². The van der Waals surface area contributed by atoms with Crippen LogP contribution < -0.4 is 14.3 Å². The third-order valence-corrected chi connectivity index (χ3v) is 4.59. The number of aromatic nitrogens is 1. The number of ether oxygens (including phenoxy) is 3. The molecule has 0 saturated carbocycles. The molecule has 0 N–H and O–H groups in total. The van der Waals surface area contributed by atoms with E-state index in [9.17, 15) is 9.59 Å². The van der Waals surface area contributed by atoms with Gasteiger partial charge in [-0.3, -0.25) is 9.59 Å². The monoisotopic (exact) mass is 350 g/mol. The second-order valence-corrected chi connectivity index (χ2v) is 6.13. The highest BCUT2D eigenvalue weighted by molar-refractivity contribution is 7.16. The number of benzene rings is 1. The van der Waals surface area contributed by atoms with Crippen LogP contribution in [0.4, 0.5) is 0 Å². The van der Waals surface area contributed by atoms with Crippen LogP contribution in [0.3, 0.4) is 0 Å². The summed E-state index contributed by atoms with van der Waals surface area (Å²) in [5.74, 6) is 0.845. The molecular weight excluding hydrogens is 332 g/mol. The molecule has 7 nitrogen and oxygen atoms in total. The normalized spacial score (nSPS) is 13.5. The Balaban J connectivity index is 2.04.